The quantitative estimate of drug-likeness (QED) is 0.839. The van der Waals surface area contributed by atoms with Crippen LogP contribution in [0.4, 0.5) is 0 Å². The van der Waals surface area contributed by atoms with E-state index in [9.17, 15) is 0 Å². The molecule has 1 aromatic rings. The molecule has 2 rings (SSSR count). The zero-order valence-corrected chi connectivity index (χ0v) is 13.7. The first-order valence-corrected chi connectivity index (χ1v) is 7.93. The summed E-state index contributed by atoms with van der Waals surface area (Å²) in [6.45, 7) is 5.07. The molecule has 0 bridgehead atoms. The molecule has 0 spiro atoms. The standard InChI is InChI=1S/C17H28N2O2/c1-12-11-19-16(13(2)17(12)20-4)10-14(18-3)7-8-15-6-5-9-21-15/h11,14-15,18H,5-10H2,1-4H3. The Hall–Kier alpha value is -1.13. The predicted octanol–water partition coefficient (Wildman–Crippen LogP) is 2.80. The number of nitrogens with one attached hydrogen (secondary N) is 1. The van der Waals surface area contributed by atoms with Crippen molar-refractivity contribution in [2.45, 2.75) is 58.1 Å². The molecule has 2 unspecified atom stereocenters. The normalized spacial score (nSPS) is 19.7. The van der Waals surface area contributed by atoms with Gasteiger partial charge in [0, 0.05) is 42.1 Å². The number of pyridine rings is 1. The van der Waals surface area contributed by atoms with E-state index in [0.717, 1.165) is 48.4 Å². The Morgan fingerprint density at radius 1 is 1.48 bits per heavy atom. The summed E-state index contributed by atoms with van der Waals surface area (Å²) < 4.78 is 11.2. The fourth-order valence-corrected chi connectivity index (χ4v) is 3.12. The van der Waals surface area contributed by atoms with Gasteiger partial charge in [-0.3, -0.25) is 4.98 Å². The third kappa shape index (κ3) is 4.17. The number of methoxy groups -OCH3 is 1. The molecule has 1 saturated heterocycles. The number of nitrogens with zero attached hydrogens (tertiary/aromatic N) is 1. The highest BCUT2D eigenvalue weighted by Crippen LogP contribution is 2.25. The highest BCUT2D eigenvalue weighted by molar-refractivity contribution is 5.41. The minimum Gasteiger partial charge on any atom is -0.496 e. The lowest BCUT2D eigenvalue weighted by atomic mass is 9.99. The first-order valence-electron chi connectivity index (χ1n) is 7.93. The second-order valence-electron chi connectivity index (χ2n) is 5.95. The zero-order valence-electron chi connectivity index (χ0n) is 13.7. The Morgan fingerprint density at radius 2 is 2.29 bits per heavy atom. The van der Waals surface area contributed by atoms with Crippen LogP contribution in [0.15, 0.2) is 6.20 Å². The summed E-state index contributed by atoms with van der Waals surface area (Å²) in [5.41, 5.74) is 3.39. The molecule has 1 aliphatic heterocycles. The number of ether oxygens (including phenoxy) is 2. The second-order valence-corrected chi connectivity index (χ2v) is 5.95. The molecule has 1 fully saturated rings. The van der Waals surface area contributed by atoms with E-state index < -0.39 is 0 Å². The Balaban J connectivity index is 1.97. The molecule has 4 nitrogen and oxygen atoms in total. The fourth-order valence-electron chi connectivity index (χ4n) is 3.12. The molecule has 0 aliphatic carbocycles. The molecule has 4 heteroatoms. The van der Waals surface area contributed by atoms with Crippen LogP contribution in [0.25, 0.3) is 0 Å². The minimum absolute atomic E-state index is 0.438. The van der Waals surface area contributed by atoms with Crippen molar-refractivity contribution in [3.8, 4) is 5.75 Å². The van der Waals surface area contributed by atoms with Crippen LogP contribution in [0.3, 0.4) is 0 Å². The molecule has 0 amide bonds. The third-order valence-corrected chi connectivity index (χ3v) is 4.46. The lowest BCUT2D eigenvalue weighted by Gasteiger charge is -2.20. The lowest BCUT2D eigenvalue weighted by Crippen LogP contribution is -2.29. The van der Waals surface area contributed by atoms with Crippen LogP contribution in [0.5, 0.6) is 5.75 Å². The van der Waals surface area contributed by atoms with E-state index in [-0.39, 0.29) is 0 Å². The van der Waals surface area contributed by atoms with Gasteiger partial charge in [0.2, 0.25) is 0 Å². The van der Waals surface area contributed by atoms with Crippen LogP contribution in [0.2, 0.25) is 0 Å². The summed E-state index contributed by atoms with van der Waals surface area (Å²) in [6.07, 6.45) is 7.99. The number of hydrogen-bond donors (Lipinski definition) is 1. The van der Waals surface area contributed by atoms with Crippen LogP contribution in [-0.2, 0) is 11.2 Å². The molecular formula is C17H28N2O2. The fraction of sp³-hybridized carbons (Fsp3) is 0.706. The maximum Gasteiger partial charge on any atom is 0.128 e. The van der Waals surface area contributed by atoms with Crippen molar-refractivity contribution in [3.05, 3.63) is 23.0 Å². The van der Waals surface area contributed by atoms with Gasteiger partial charge in [-0.25, -0.2) is 0 Å². The van der Waals surface area contributed by atoms with Gasteiger partial charge in [-0.1, -0.05) is 0 Å². The molecular weight excluding hydrogens is 264 g/mol. The van der Waals surface area contributed by atoms with Crippen molar-refractivity contribution in [3.63, 3.8) is 0 Å². The summed E-state index contributed by atoms with van der Waals surface area (Å²) in [7, 11) is 3.76. The van der Waals surface area contributed by atoms with Gasteiger partial charge in [0.25, 0.3) is 0 Å². The Labute approximate surface area is 128 Å². The molecule has 0 saturated carbocycles. The summed E-state index contributed by atoms with van der Waals surface area (Å²) in [4.78, 5) is 4.60. The predicted molar refractivity (Wildman–Crippen MR) is 85.0 cm³/mol. The van der Waals surface area contributed by atoms with Crippen molar-refractivity contribution in [1.82, 2.24) is 10.3 Å². The van der Waals surface area contributed by atoms with Crippen molar-refractivity contribution >= 4 is 0 Å². The van der Waals surface area contributed by atoms with E-state index in [1.807, 2.05) is 20.2 Å². The Kier molecular flexibility index (Phi) is 6.00. The van der Waals surface area contributed by atoms with E-state index in [4.69, 9.17) is 9.47 Å². The van der Waals surface area contributed by atoms with Crippen molar-refractivity contribution in [2.75, 3.05) is 20.8 Å². The summed E-state index contributed by atoms with van der Waals surface area (Å²) >= 11 is 0. The van der Waals surface area contributed by atoms with Gasteiger partial charge in [0.05, 0.1) is 13.2 Å². The maximum absolute atomic E-state index is 5.71. The highest BCUT2D eigenvalue weighted by Gasteiger charge is 2.19. The SMILES string of the molecule is CNC(CCC1CCCO1)Cc1ncc(C)c(OC)c1C. The number of aryl methyl sites for hydroxylation is 1. The third-order valence-electron chi connectivity index (χ3n) is 4.46. The van der Waals surface area contributed by atoms with Crippen molar-refractivity contribution in [2.24, 2.45) is 0 Å². The number of rotatable bonds is 7. The number of hydrogen-bond acceptors (Lipinski definition) is 4. The molecule has 2 atom stereocenters. The van der Waals surface area contributed by atoms with E-state index in [2.05, 4.69) is 17.2 Å². The molecule has 0 aromatic carbocycles. The topological polar surface area (TPSA) is 43.4 Å². The first-order chi connectivity index (χ1) is 10.2. The molecule has 21 heavy (non-hydrogen) atoms. The summed E-state index contributed by atoms with van der Waals surface area (Å²) in [5, 5.41) is 3.42. The van der Waals surface area contributed by atoms with Crippen molar-refractivity contribution in [1.29, 1.82) is 0 Å². The Bertz CT molecular complexity index is 456. The van der Waals surface area contributed by atoms with Gasteiger partial charge in [0.1, 0.15) is 5.75 Å². The van der Waals surface area contributed by atoms with Gasteiger partial charge in [-0.05, 0) is 46.6 Å². The van der Waals surface area contributed by atoms with Gasteiger partial charge in [-0.2, -0.15) is 0 Å². The average molecular weight is 292 g/mol. The molecule has 2 heterocycles. The van der Waals surface area contributed by atoms with Crippen molar-refractivity contribution < 1.29 is 9.47 Å². The van der Waals surface area contributed by atoms with E-state index in [1.165, 1.54) is 12.8 Å². The first kappa shape index (κ1) is 16.2. The summed E-state index contributed by atoms with van der Waals surface area (Å²) in [5.74, 6) is 0.967. The molecule has 1 aromatic heterocycles. The van der Waals surface area contributed by atoms with Gasteiger partial charge in [-0.15, -0.1) is 0 Å². The Morgan fingerprint density at radius 3 is 2.90 bits per heavy atom. The largest absolute Gasteiger partial charge is 0.496 e. The monoisotopic (exact) mass is 292 g/mol. The van der Waals surface area contributed by atoms with E-state index in [0.29, 0.717) is 12.1 Å². The number of likely N-dealkylation sites (N-methyl/N-ethyl adjacent to an activating group) is 1. The lowest BCUT2D eigenvalue weighted by molar-refractivity contribution is 0.0998. The van der Waals surface area contributed by atoms with Gasteiger partial charge < -0.3 is 14.8 Å². The molecule has 1 aliphatic rings. The summed E-state index contributed by atoms with van der Waals surface area (Å²) in [6, 6.07) is 0.438. The average Bonchev–Trinajstić information content (AvgIpc) is 2.99. The minimum atomic E-state index is 0.438. The molecule has 118 valence electrons. The van der Waals surface area contributed by atoms with Crippen LogP contribution >= 0.6 is 0 Å². The van der Waals surface area contributed by atoms with Crippen LogP contribution < -0.4 is 10.1 Å². The second kappa shape index (κ2) is 7.76. The van der Waals surface area contributed by atoms with E-state index >= 15 is 0 Å². The smallest absolute Gasteiger partial charge is 0.128 e. The highest BCUT2D eigenvalue weighted by atomic mass is 16.5. The van der Waals surface area contributed by atoms with Crippen LogP contribution in [-0.4, -0.2) is 37.9 Å². The molecule has 1 N–H and O–H groups in total. The van der Waals surface area contributed by atoms with Crippen LogP contribution in [0.1, 0.15) is 42.5 Å². The van der Waals surface area contributed by atoms with E-state index in [1.54, 1.807) is 7.11 Å². The number of aromatic nitrogens is 1. The van der Waals surface area contributed by atoms with Gasteiger partial charge in [0.15, 0.2) is 0 Å². The zero-order chi connectivity index (χ0) is 15.2. The maximum atomic E-state index is 5.71. The van der Waals surface area contributed by atoms with Gasteiger partial charge >= 0.3 is 0 Å². The molecule has 0 radical (unpaired) electrons. The van der Waals surface area contributed by atoms with Crippen LogP contribution in [0, 0.1) is 13.8 Å².